The summed E-state index contributed by atoms with van der Waals surface area (Å²) in [4.78, 5) is 11.5. The zero-order valence-electron chi connectivity index (χ0n) is 13.3. The molecule has 0 heterocycles. The molecule has 3 atom stereocenters. The third-order valence-electron chi connectivity index (χ3n) is 4.11. The second-order valence-corrected chi connectivity index (χ2v) is 5.99. The van der Waals surface area contributed by atoms with Crippen LogP contribution in [0.3, 0.4) is 0 Å². The highest BCUT2D eigenvalue weighted by atomic mass is 19.1. The molecule has 0 fully saturated rings. The van der Waals surface area contributed by atoms with E-state index in [0.717, 1.165) is 5.56 Å². The van der Waals surface area contributed by atoms with Crippen LogP contribution in [0.5, 0.6) is 0 Å². The number of hydrogen-bond acceptors (Lipinski definition) is 3. The minimum Gasteiger partial charge on any atom is -0.481 e. The molecule has 0 aliphatic carbocycles. The van der Waals surface area contributed by atoms with Gasteiger partial charge in [-0.3, -0.25) is 4.79 Å². The van der Waals surface area contributed by atoms with Crippen LogP contribution < -0.4 is 5.73 Å². The van der Waals surface area contributed by atoms with Crippen molar-refractivity contribution in [3.63, 3.8) is 0 Å². The molecule has 2 aromatic carbocycles. The molecule has 4 nitrogen and oxygen atoms in total. The van der Waals surface area contributed by atoms with Gasteiger partial charge >= 0.3 is 5.97 Å². The molecule has 5 heteroatoms. The van der Waals surface area contributed by atoms with Crippen LogP contribution >= 0.6 is 0 Å². The largest absolute Gasteiger partial charge is 0.481 e. The molecule has 0 aliphatic heterocycles. The number of halogens is 1. The number of nitrogens with two attached hydrogens (primary N) is 1. The second-order valence-electron chi connectivity index (χ2n) is 5.99. The highest BCUT2D eigenvalue weighted by Crippen LogP contribution is 2.19. The Balaban J connectivity index is 1.99. The zero-order chi connectivity index (χ0) is 17.5. The van der Waals surface area contributed by atoms with E-state index in [1.165, 1.54) is 6.07 Å². The average Bonchev–Trinajstić information content (AvgIpc) is 2.56. The van der Waals surface area contributed by atoms with Crippen molar-refractivity contribution >= 4 is 5.97 Å². The SMILES string of the molecule is NC(Cc1ccccc1)C(O)CC(Cc1ccccc1F)C(=O)O. The molecule has 0 spiro atoms. The number of hydrogen-bond donors (Lipinski definition) is 3. The molecule has 128 valence electrons. The van der Waals surface area contributed by atoms with Crippen LogP contribution in [0.15, 0.2) is 54.6 Å². The fraction of sp³-hybridized carbons (Fsp3) is 0.316. The van der Waals surface area contributed by atoms with Crippen LogP contribution in [0.1, 0.15) is 17.5 Å². The quantitative estimate of drug-likeness (QED) is 0.693. The van der Waals surface area contributed by atoms with Gasteiger partial charge < -0.3 is 15.9 Å². The highest BCUT2D eigenvalue weighted by molar-refractivity contribution is 5.70. The van der Waals surface area contributed by atoms with E-state index in [2.05, 4.69) is 0 Å². The molecule has 0 aliphatic rings. The van der Waals surface area contributed by atoms with Crippen molar-refractivity contribution in [2.75, 3.05) is 0 Å². The lowest BCUT2D eigenvalue weighted by Gasteiger charge is -2.22. The van der Waals surface area contributed by atoms with Crippen LogP contribution in [-0.4, -0.2) is 28.3 Å². The Morgan fingerprint density at radius 1 is 1.04 bits per heavy atom. The zero-order valence-corrected chi connectivity index (χ0v) is 13.3. The van der Waals surface area contributed by atoms with Gasteiger partial charge in [-0.05, 0) is 36.5 Å². The van der Waals surface area contributed by atoms with Crippen molar-refractivity contribution < 1.29 is 19.4 Å². The maximum absolute atomic E-state index is 13.7. The number of aliphatic carboxylic acids is 1. The van der Waals surface area contributed by atoms with Crippen LogP contribution in [0.25, 0.3) is 0 Å². The number of benzene rings is 2. The summed E-state index contributed by atoms with van der Waals surface area (Å²) in [6, 6.07) is 15.0. The molecule has 2 rings (SSSR count). The van der Waals surface area contributed by atoms with E-state index in [0.29, 0.717) is 12.0 Å². The van der Waals surface area contributed by atoms with Gasteiger partial charge in [0, 0.05) is 6.04 Å². The van der Waals surface area contributed by atoms with E-state index in [4.69, 9.17) is 5.73 Å². The first-order chi connectivity index (χ1) is 11.5. The summed E-state index contributed by atoms with van der Waals surface area (Å²) < 4.78 is 13.7. The lowest BCUT2D eigenvalue weighted by molar-refractivity contribution is -0.142. The molecular formula is C19H22FNO3. The number of aliphatic hydroxyl groups excluding tert-OH is 1. The molecular weight excluding hydrogens is 309 g/mol. The topological polar surface area (TPSA) is 83.5 Å². The van der Waals surface area contributed by atoms with Gasteiger partial charge in [-0.2, -0.15) is 0 Å². The third-order valence-corrected chi connectivity index (χ3v) is 4.11. The Labute approximate surface area is 140 Å². The van der Waals surface area contributed by atoms with E-state index in [9.17, 15) is 19.4 Å². The minimum atomic E-state index is -1.07. The van der Waals surface area contributed by atoms with Gasteiger partial charge in [0.2, 0.25) is 0 Å². The smallest absolute Gasteiger partial charge is 0.306 e. The molecule has 2 aromatic rings. The van der Waals surface area contributed by atoms with Gasteiger partial charge in [0.05, 0.1) is 12.0 Å². The van der Waals surface area contributed by atoms with Crippen molar-refractivity contribution in [2.24, 2.45) is 11.7 Å². The van der Waals surface area contributed by atoms with Gasteiger partial charge in [0.1, 0.15) is 5.82 Å². The van der Waals surface area contributed by atoms with Crippen LogP contribution in [-0.2, 0) is 17.6 Å². The van der Waals surface area contributed by atoms with E-state index < -0.39 is 29.9 Å². The van der Waals surface area contributed by atoms with Crippen LogP contribution in [0.4, 0.5) is 4.39 Å². The number of carbonyl (C=O) groups is 1. The summed E-state index contributed by atoms with van der Waals surface area (Å²) in [6.45, 7) is 0. The summed E-state index contributed by atoms with van der Waals surface area (Å²) >= 11 is 0. The Kier molecular flexibility index (Phi) is 6.46. The minimum absolute atomic E-state index is 0.0162. The summed E-state index contributed by atoms with van der Waals surface area (Å²) in [6.07, 6.45) is -0.513. The maximum atomic E-state index is 13.7. The second kappa shape index (κ2) is 8.57. The molecule has 24 heavy (non-hydrogen) atoms. The Hall–Kier alpha value is -2.24. The summed E-state index contributed by atoms with van der Waals surface area (Å²) in [7, 11) is 0. The molecule has 0 saturated carbocycles. The molecule has 3 unspecified atom stereocenters. The molecule has 0 saturated heterocycles. The molecule has 0 bridgehead atoms. The van der Waals surface area contributed by atoms with Gasteiger partial charge in [-0.15, -0.1) is 0 Å². The van der Waals surface area contributed by atoms with Crippen molar-refractivity contribution in [2.45, 2.75) is 31.4 Å². The number of carboxylic acids is 1. The fourth-order valence-corrected chi connectivity index (χ4v) is 2.69. The Bertz CT molecular complexity index is 663. The van der Waals surface area contributed by atoms with Crippen molar-refractivity contribution in [1.82, 2.24) is 0 Å². The first-order valence-electron chi connectivity index (χ1n) is 7.91. The van der Waals surface area contributed by atoms with Gasteiger partial charge in [0.25, 0.3) is 0 Å². The van der Waals surface area contributed by atoms with E-state index >= 15 is 0 Å². The first-order valence-corrected chi connectivity index (χ1v) is 7.91. The van der Waals surface area contributed by atoms with Crippen molar-refractivity contribution in [3.05, 3.63) is 71.5 Å². The monoisotopic (exact) mass is 331 g/mol. The number of carboxylic acid groups (broad SMARTS) is 1. The number of aliphatic hydroxyl groups is 1. The maximum Gasteiger partial charge on any atom is 0.306 e. The normalized spacial score (nSPS) is 14.8. The standard InChI is InChI=1S/C19H22FNO3/c20-16-9-5-4-8-14(16)11-15(19(23)24)12-18(22)17(21)10-13-6-2-1-3-7-13/h1-9,15,17-18,22H,10-12,21H2,(H,23,24). The predicted octanol–water partition coefficient (Wildman–Crippen LogP) is 2.39. The van der Waals surface area contributed by atoms with Gasteiger partial charge in [0.15, 0.2) is 0 Å². The fourth-order valence-electron chi connectivity index (χ4n) is 2.69. The summed E-state index contributed by atoms with van der Waals surface area (Å²) in [5.41, 5.74) is 7.31. The first kappa shape index (κ1) is 18.1. The predicted molar refractivity (Wildman–Crippen MR) is 90.0 cm³/mol. The van der Waals surface area contributed by atoms with Crippen molar-refractivity contribution in [1.29, 1.82) is 0 Å². The third kappa shape index (κ3) is 5.15. The molecule has 4 N–H and O–H groups in total. The van der Waals surface area contributed by atoms with E-state index in [-0.39, 0.29) is 12.8 Å². The van der Waals surface area contributed by atoms with E-state index in [1.807, 2.05) is 30.3 Å². The van der Waals surface area contributed by atoms with E-state index in [1.54, 1.807) is 18.2 Å². The molecule has 0 amide bonds. The molecule has 0 radical (unpaired) electrons. The Morgan fingerprint density at radius 3 is 2.29 bits per heavy atom. The van der Waals surface area contributed by atoms with Crippen LogP contribution in [0, 0.1) is 11.7 Å². The van der Waals surface area contributed by atoms with Crippen LogP contribution in [0.2, 0.25) is 0 Å². The average molecular weight is 331 g/mol. The lowest BCUT2D eigenvalue weighted by Crippen LogP contribution is -2.39. The Morgan fingerprint density at radius 2 is 1.67 bits per heavy atom. The van der Waals surface area contributed by atoms with Crippen molar-refractivity contribution in [3.8, 4) is 0 Å². The van der Waals surface area contributed by atoms with Gasteiger partial charge in [-0.1, -0.05) is 48.5 Å². The molecule has 0 aromatic heterocycles. The summed E-state index contributed by atoms with van der Waals surface area (Å²) in [5.74, 6) is -2.39. The lowest BCUT2D eigenvalue weighted by atomic mass is 9.89. The highest BCUT2D eigenvalue weighted by Gasteiger charge is 2.26. The number of rotatable bonds is 8. The summed E-state index contributed by atoms with van der Waals surface area (Å²) in [5, 5.41) is 19.6. The van der Waals surface area contributed by atoms with Gasteiger partial charge in [-0.25, -0.2) is 4.39 Å².